The average Bonchev–Trinajstić information content (AvgIpc) is 3.09. The van der Waals surface area contributed by atoms with Crippen molar-refractivity contribution < 1.29 is 29.0 Å². The van der Waals surface area contributed by atoms with Gasteiger partial charge in [-0.25, -0.2) is 9.59 Å². The van der Waals surface area contributed by atoms with E-state index in [1.54, 1.807) is 0 Å². The van der Waals surface area contributed by atoms with Gasteiger partial charge in [0.2, 0.25) is 0 Å². The van der Waals surface area contributed by atoms with Gasteiger partial charge >= 0.3 is 18.0 Å². The highest BCUT2D eigenvalue weighted by molar-refractivity contribution is 5.82. The quantitative estimate of drug-likeness (QED) is 0.737. The Morgan fingerprint density at radius 2 is 1.86 bits per heavy atom. The van der Waals surface area contributed by atoms with Crippen LogP contribution in [0.2, 0.25) is 0 Å². The van der Waals surface area contributed by atoms with Gasteiger partial charge in [-0.3, -0.25) is 9.69 Å². The summed E-state index contributed by atoms with van der Waals surface area (Å²) in [5, 5.41) is 7.83. The van der Waals surface area contributed by atoms with Crippen LogP contribution in [-0.2, 0) is 25.7 Å². The molecule has 8 nitrogen and oxygen atoms in total. The molecular formula is C20H30N2O6. The third-order valence-corrected chi connectivity index (χ3v) is 3.74. The maximum Gasteiger partial charge on any atom is 0.411 e. The van der Waals surface area contributed by atoms with E-state index >= 15 is 0 Å². The molecule has 1 aliphatic rings. The minimum absolute atomic E-state index is 0.0694. The third kappa shape index (κ3) is 8.85. The molecule has 1 heterocycles. The molecule has 1 aromatic rings. The summed E-state index contributed by atoms with van der Waals surface area (Å²) in [5.41, 5.74) is 5.21. The van der Waals surface area contributed by atoms with Crippen molar-refractivity contribution in [3.63, 3.8) is 0 Å². The number of likely N-dealkylation sites (tertiary alicyclic amines) is 1. The number of hydrogen-bond donors (Lipinski definition) is 2. The SMILES string of the molecule is CC(C)(C)OC(=O)N1CCCC1C(=O)OCc1ccccc1.NCCC(=O)O. The number of nitrogens with zero attached hydrogens (tertiary/aromatic N) is 1. The summed E-state index contributed by atoms with van der Waals surface area (Å²) in [6.07, 6.45) is 1.02. The molecule has 1 amide bonds. The van der Waals surface area contributed by atoms with Crippen LogP contribution in [0.25, 0.3) is 0 Å². The highest BCUT2D eigenvalue weighted by Gasteiger charge is 2.37. The van der Waals surface area contributed by atoms with Crippen molar-refractivity contribution in [2.45, 2.75) is 58.3 Å². The zero-order valence-electron chi connectivity index (χ0n) is 16.7. The number of carbonyl (C=O) groups is 3. The molecule has 1 saturated heterocycles. The smallest absolute Gasteiger partial charge is 0.411 e. The fourth-order valence-corrected chi connectivity index (χ4v) is 2.50. The van der Waals surface area contributed by atoms with Crippen molar-refractivity contribution in [2.75, 3.05) is 13.1 Å². The van der Waals surface area contributed by atoms with Gasteiger partial charge in [0.1, 0.15) is 18.2 Å². The van der Waals surface area contributed by atoms with E-state index in [0.717, 1.165) is 12.0 Å². The van der Waals surface area contributed by atoms with Gasteiger partial charge in [0.05, 0.1) is 6.42 Å². The van der Waals surface area contributed by atoms with Crippen LogP contribution in [-0.4, -0.2) is 52.8 Å². The van der Waals surface area contributed by atoms with E-state index < -0.39 is 23.7 Å². The second kappa shape index (κ2) is 11.3. The Morgan fingerprint density at radius 3 is 2.36 bits per heavy atom. The van der Waals surface area contributed by atoms with Crippen LogP contribution in [0.5, 0.6) is 0 Å². The van der Waals surface area contributed by atoms with Gasteiger partial charge in [-0.05, 0) is 39.2 Å². The number of benzene rings is 1. The number of amides is 1. The molecule has 1 fully saturated rings. The number of carboxylic acids is 1. The number of nitrogens with two attached hydrogens (primary N) is 1. The molecule has 2 rings (SSSR count). The first-order valence-electron chi connectivity index (χ1n) is 9.26. The molecule has 28 heavy (non-hydrogen) atoms. The number of esters is 1. The van der Waals surface area contributed by atoms with E-state index in [1.165, 1.54) is 4.90 Å². The Hall–Kier alpha value is -2.61. The number of rotatable bonds is 5. The molecule has 0 aliphatic carbocycles. The van der Waals surface area contributed by atoms with Gasteiger partial charge in [0, 0.05) is 13.1 Å². The van der Waals surface area contributed by atoms with Gasteiger partial charge in [-0.15, -0.1) is 0 Å². The van der Waals surface area contributed by atoms with Crippen molar-refractivity contribution in [2.24, 2.45) is 5.73 Å². The molecule has 0 bridgehead atoms. The van der Waals surface area contributed by atoms with Crippen molar-refractivity contribution in [1.29, 1.82) is 0 Å². The highest BCUT2D eigenvalue weighted by atomic mass is 16.6. The van der Waals surface area contributed by atoms with Gasteiger partial charge < -0.3 is 20.3 Å². The van der Waals surface area contributed by atoms with Crippen LogP contribution in [0.4, 0.5) is 4.79 Å². The van der Waals surface area contributed by atoms with E-state index in [0.29, 0.717) is 13.0 Å². The first-order chi connectivity index (χ1) is 13.1. The molecule has 0 spiro atoms. The van der Waals surface area contributed by atoms with Crippen molar-refractivity contribution in [1.82, 2.24) is 4.90 Å². The normalized spacial score (nSPS) is 16.0. The third-order valence-electron chi connectivity index (χ3n) is 3.74. The van der Waals surface area contributed by atoms with E-state index in [2.05, 4.69) is 0 Å². The molecule has 1 aliphatic heterocycles. The zero-order valence-corrected chi connectivity index (χ0v) is 16.7. The molecule has 3 N–H and O–H groups in total. The second-order valence-electron chi connectivity index (χ2n) is 7.36. The van der Waals surface area contributed by atoms with E-state index in [1.807, 2.05) is 51.1 Å². The fourth-order valence-electron chi connectivity index (χ4n) is 2.50. The number of ether oxygens (including phenoxy) is 2. The van der Waals surface area contributed by atoms with Gasteiger partial charge in [-0.1, -0.05) is 30.3 Å². The molecule has 0 saturated carbocycles. The van der Waals surface area contributed by atoms with E-state index in [9.17, 15) is 14.4 Å². The number of carboxylic acid groups (broad SMARTS) is 1. The number of carbonyl (C=O) groups excluding carboxylic acids is 2. The maximum atomic E-state index is 12.2. The summed E-state index contributed by atoms with van der Waals surface area (Å²) in [4.78, 5) is 35.4. The van der Waals surface area contributed by atoms with Crippen LogP contribution < -0.4 is 5.73 Å². The Labute approximate surface area is 165 Å². The van der Waals surface area contributed by atoms with Crippen LogP contribution in [0.15, 0.2) is 30.3 Å². The van der Waals surface area contributed by atoms with Gasteiger partial charge in [0.25, 0.3) is 0 Å². The number of hydrogen-bond acceptors (Lipinski definition) is 6. The summed E-state index contributed by atoms with van der Waals surface area (Å²) in [6.45, 7) is 6.41. The van der Waals surface area contributed by atoms with E-state index in [-0.39, 0.29) is 25.5 Å². The highest BCUT2D eigenvalue weighted by Crippen LogP contribution is 2.22. The summed E-state index contributed by atoms with van der Waals surface area (Å²) in [6, 6.07) is 8.95. The van der Waals surface area contributed by atoms with Crippen LogP contribution in [0.1, 0.15) is 45.6 Å². The Bertz CT molecular complexity index is 642. The van der Waals surface area contributed by atoms with Crippen LogP contribution in [0.3, 0.4) is 0 Å². The minimum atomic E-state index is -0.836. The van der Waals surface area contributed by atoms with Crippen molar-refractivity contribution in [3.05, 3.63) is 35.9 Å². The molecule has 0 aromatic heterocycles. The monoisotopic (exact) mass is 394 g/mol. The predicted octanol–water partition coefficient (Wildman–Crippen LogP) is 2.55. The lowest BCUT2D eigenvalue weighted by Gasteiger charge is -2.27. The number of aliphatic carboxylic acids is 1. The standard InChI is InChI=1S/C17H23NO4.C3H7NO2/c1-17(2,3)22-16(20)18-11-7-10-14(18)15(19)21-12-13-8-5-4-6-9-13;4-2-1-3(5)6/h4-6,8-9,14H,7,10-12H2,1-3H3;1-2,4H2,(H,5,6). The minimum Gasteiger partial charge on any atom is -0.481 e. The summed E-state index contributed by atoms with van der Waals surface area (Å²) >= 11 is 0. The molecule has 0 radical (unpaired) electrons. The van der Waals surface area contributed by atoms with Crippen LogP contribution >= 0.6 is 0 Å². The largest absolute Gasteiger partial charge is 0.481 e. The fraction of sp³-hybridized carbons (Fsp3) is 0.550. The Morgan fingerprint density at radius 1 is 1.21 bits per heavy atom. The zero-order chi connectivity index (χ0) is 21.2. The lowest BCUT2D eigenvalue weighted by atomic mass is 10.2. The second-order valence-corrected chi connectivity index (χ2v) is 7.36. The molecular weight excluding hydrogens is 364 g/mol. The summed E-state index contributed by atoms with van der Waals surface area (Å²) < 4.78 is 10.7. The first-order valence-corrected chi connectivity index (χ1v) is 9.26. The van der Waals surface area contributed by atoms with Crippen molar-refractivity contribution >= 4 is 18.0 Å². The summed E-state index contributed by atoms with van der Waals surface area (Å²) in [5.74, 6) is -1.20. The average molecular weight is 394 g/mol. The Kier molecular flexibility index (Phi) is 9.44. The lowest BCUT2D eigenvalue weighted by molar-refractivity contribution is -0.150. The molecule has 1 unspecified atom stereocenters. The molecule has 156 valence electrons. The molecule has 1 aromatic carbocycles. The Balaban J connectivity index is 0.000000568. The summed E-state index contributed by atoms with van der Waals surface area (Å²) in [7, 11) is 0. The first kappa shape index (κ1) is 23.4. The maximum absolute atomic E-state index is 12.2. The molecule has 8 heteroatoms. The van der Waals surface area contributed by atoms with E-state index in [4.69, 9.17) is 20.3 Å². The van der Waals surface area contributed by atoms with Crippen LogP contribution in [0, 0.1) is 0 Å². The predicted molar refractivity (Wildman–Crippen MR) is 104 cm³/mol. The van der Waals surface area contributed by atoms with Crippen molar-refractivity contribution in [3.8, 4) is 0 Å². The van der Waals surface area contributed by atoms with Gasteiger partial charge in [0.15, 0.2) is 0 Å². The molecule has 1 atom stereocenters. The topological polar surface area (TPSA) is 119 Å². The van der Waals surface area contributed by atoms with Gasteiger partial charge in [-0.2, -0.15) is 0 Å². The lowest BCUT2D eigenvalue weighted by Crippen LogP contribution is -2.44.